The van der Waals surface area contributed by atoms with Gasteiger partial charge in [-0.05, 0) is 12.3 Å². The summed E-state index contributed by atoms with van der Waals surface area (Å²) in [6, 6.07) is 0. The second kappa shape index (κ2) is 3.15. The molecule has 0 radical (unpaired) electrons. The van der Waals surface area contributed by atoms with Gasteiger partial charge in [-0.2, -0.15) is 0 Å². The summed E-state index contributed by atoms with van der Waals surface area (Å²) in [5.74, 6) is 0. The highest BCUT2D eigenvalue weighted by molar-refractivity contribution is 7.09. The molecule has 0 aromatic carbocycles. The van der Waals surface area contributed by atoms with E-state index in [0.29, 0.717) is 0 Å². The van der Waals surface area contributed by atoms with Gasteiger partial charge in [-0.15, -0.1) is 11.3 Å². The van der Waals surface area contributed by atoms with Gasteiger partial charge in [0.2, 0.25) is 0 Å². The number of aliphatic hydroxyl groups is 1. The average molecular weight is 185 g/mol. The highest BCUT2D eigenvalue weighted by Gasteiger charge is 2.26. The molecule has 3 heteroatoms. The summed E-state index contributed by atoms with van der Waals surface area (Å²) in [5, 5.41) is 9.90. The standard InChI is InChI=1S/C9H15NOS/c1-6-7(12-5-10-6)8(11)9(2,3)4/h5,8,11H,1-4H3. The van der Waals surface area contributed by atoms with Gasteiger partial charge in [-0.1, -0.05) is 20.8 Å². The predicted octanol–water partition coefficient (Wildman–Crippen LogP) is 2.53. The van der Waals surface area contributed by atoms with Crippen molar-refractivity contribution in [2.45, 2.75) is 33.8 Å². The quantitative estimate of drug-likeness (QED) is 0.729. The Bertz CT molecular complexity index is 262. The Morgan fingerprint density at radius 1 is 1.50 bits per heavy atom. The molecule has 0 aliphatic rings. The lowest BCUT2D eigenvalue weighted by Gasteiger charge is -2.24. The van der Waals surface area contributed by atoms with Crippen LogP contribution < -0.4 is 0 Å². The first-order valence-electron chi connectivity index (χ1n) is 4.01. The highest BCUT2D eigenvalue weighted by Crippen LogP contribution is 2.35. The largest absolute Gasteiger partial charge is 0.387 e. The fraction of sp³-hybridized carbons (Fsp3) is 0.667. The van der Waals surface area contributed by atoms with Gasteiger partial charge < -0.3 is 5.11 Å². The van der Waals surface area contributed by atoms with Crippen molar-refractivity contribution >= 4 is 11.3 Å². The monoisotopic (exact) mass is 185 g/mol. The molecule has 1 N–H and O–H groups in total. The SMILES string of the molecule is Cc1ncsc1C(O)C(C)(C)C. The van der Waals surface area contributed by atoms with Crippen LogP contribution in [0.25, 0.3) is 0 Å². The number of aliphatic hydroxyl groups excluding tert-OH is 1. The molecule has 1 heterocycles. The van der Waals surface area contributed by atoms with E-state index in [0.717, 1.165) is 10.6 Å². The van der Waals surface area contributed by atoms with Crippen LogP contribution in [-0.4, -0.2) is 10.1 Å². The first-order valence-corrected chi connectivity index (χ1v) is 4.89. The Hall–Kier alpha value is -0.410. The molecule has 1 rings (SSSR count). The molecule has 0 aliphatic carbocycles. The second-order valence-electron chi connectivity index (χ2n) is 4.07. The van der Waals surface area contributed by atoms with Gasteiger partial charge in [0.25, 0.3) is 0 Å². The smallest absolute Gasteiger partial charge is 0.0948 e. The zero-order chi connectivity index (χ0) is 9.35. The van der Waals surface area contributed by atoms with E-state index in [9.17, 15) is 5.11 Å². The number of aryl methyl sites for hydroxylation is 1. The molecule has 0 fully saturated rings. The molecule has 12 heavy (non-hydrogen) atoms. The van der Waals surface area contributed by atoms with Gasteiger partial charge in [0.05, 0.1) is 22.2 Å². The number of aromatic nitrogens is 1. The summed E-state index contributed by atoms with van der Waals surface area (Å²) in [6.45, 7) is 8.01. The molecule has 0 aliphatic heterocycles. The van der Waals surface area contributed by atoms with Crippen LogP contribution >= 0.6 is 11.3 Å². The van der Waals surface area contributed by atoms with Crippen molar-refractivity contribution in [1.29, 1.82) is 0 Å². The molecule has 0 saturated heterocycles. The maximum Gasteiger partial charge on any atom is 0.0948 e. The molecular formula is C9H15NOS. The Kier molecular flexibility index (Phi) is 2.54. The summed E-state index contributed by atoms with van der Waals surface area (Å²) < 4.78 is 0. The van der Waals surface area contributed by atoms with Crippen molar-refractivity contribution in [2.24, 2.45) is 5.41 Å². The topological polar surface area (TPSA) is 33.1 Å². The fourth-order valence-electron chi connectivity index (χ4n) is 0.967. The minimum atomic E-state index is -0.398. The third-order valence-corrected chi connectivity index (χ3v) is 2.83. The highest BCUT2D eigenvalue weighted by atomic mass is 32.1. The van der Waals surface area contributed by atoms with E-state index in [1.165, 1.54) is 11.3 Å². The molecule has 0 amide bonds. The van der Waals surface area contributed by atoms with Crippen LogP contribution in [0.5, 0.6) is 0 Å². The lowest BCUT2D eigenvalue weighted by atomic mass is 9.88. The Balaban J connectivity index is 2.92. The molecule has 0 bridgehead atoms. The van der Waals surface area contributed by atoms with E-state index in [2.05, 4.69) is 4.98 Å². The van der Waals surface area contributed by atoms with Crippen LogP contribution in [0.1, 0.15) is 37.4 Å². The van der Waals surface area contributed by atoms with Crippen LogP contribution in [0.4, 0.5) is 0 Å². The minimum Gasteiger partial charge on any atom is -0.387 e. The van der Waals surface area contributed by atoms with E-state index in [4.69, 9.17) is 0 Å². The molecule has 1 aromatic heterocycles. The summed E-state index contributed by atoms with van der Waals surface area (Å²) >= 11 is 1.52. The summed E-state index contributed by atoms with van der Waals surface area (Å²) in [4.78, 5) is 5.10. The number of nitrogens with zero attached hydrogens (tertiary/aromatic N) is 1. The van der Waals surface area contributed by atoms with E-state index in [1.807, 2.05) is 27.7 Å². The number of hydrogen-bond donors (Lipinski definition) is 1. The maximum atomic E-state index is 9.90. The maximum absolute atomic E-state index is 9.90. The summed E-state index contributed by atoms with van der Waals surface area (Å²) in [5.41, 5.74) is 2.62. The van der Waals surface area contributed by atoms with Crippen molar-refractivity contribution in [2.75, 3.05) is 0 Å². The zero-order valence-corrected chi connectivity index (χ0v) is 8.77. The number of thiazole rings is 1. The average Bonchev–Trinajstić information content (AvgIpc) is 2.31. The zero-order valence-electron chi connectivity index (χ0n) is 7.96. The third kappa shape index (κ3) is 1.84. The van der Waals surface area contributed by atoms with Crippen molar-refractivity contribution in [3.63, 3.8) is 0 Å². The number of hydrogen-bond acceptors (Lipinski definition) is 3. The lowest BCUT2D eigenvalue weighted by Crippen LogP contribution is -2.17. The van der Waals surface area contributed by atoms with Crippen LogP contribution in [0, 0.1) is 12.3 Å². The van der Waals surface area contributed by atoms with E-state index < -0.39 is 6.10 Å². The first kappa shape index (κ1) is 9.68. The molecule has 1 unspecified atom stereocenters. The lowest BCUT2D eigenvalue weighted by molar-refractivity contribution is 0.0651. The van der Waals surface area contributed by atoms with E-state index in [1.54, 1.807) is 5.51 Å². The van der Waals surface area contributed by atoms with Gasteiger partial charge in [0, 0.05) is 0 Å². The normalized spacial score (nSPS) is 14.8. The van der Waals surface area contributed by atoms with Gasteiger partial charge in [-0.3, -0.25) is 0 Å². The van der Waals surface area contributed by atoms with Crippen molar-refractivity contribution < 1.29 is 5.11 Å². The fourth-order valence-corrected chi connectivity index (χ4v) is 2.00. The number of rotatable bonds is 1. The van der Waals surface area contributed by atoms with Crippen molar-refractivity contribution in [3.05, 3.63) is 16.1 Å². The Morgan fingerprint density at radius 3 is 2.42 bits per heavy atom. The summed E-state index contributed by atoms with van der Waals surface area (Å²) in [6.07, 6.45) is -0.398. The minimum absolute atomic E-state index is 0.0999. The predicted molar refractivity (Wildman–Crippen MR) is 51.3 cm³/mol. The summed E-state index contributed by atoms with van der Waals surface area (Å²) in [7, 11) is 0. The van der Waals surface area contributed by atoms with Crippen LogP contribution in [-0.2, 0) is 0 Å². The van der Waals surface area contributed by atoms with Crippen LogP contribution in [0.2, 0.25) is 0 Å². The molecule has 2 nitrogen and oxygen atoms in total. The Labute approximate surface area is 77.3 Å². The van der Waals surface area contributed by atoms with Gasteiger partial charge in [0.1, 0.15) is 0 Å². The van der Waals surface area contributed by atoms with Gasteiger partial charge >= 0.3 is 0 Å². The van der Waals surface area contributed by atoms with Gasteiger partial charge in [0.15, 0.2) is 0 Å². The van der Waals surface area contributed by atoms with Crippen molar-refractivity contribution in [3.8, 4) is 0 Å². The van der Waals surface area contributed by atoms with Crippen LogP contribution in [0.3, 0.4) is 0 Å². The van der Waals surface area contributed by atoms with E-state index in [-0.39, 0.29) is 5.41 Å². The molecule has 0 spiro atoms. The second-order valence-corrected chi connectivity index (χ2v) is 4.96. The Morgan fingerprint density at radius 2 is 2.08 bits per heavy atom. The molecule has 1 aromatic rings. The molecular weight excluding hydrogens is 170 g/mol. The third-order valence-electron chi connectivity index (χ3n) is 1.85. The van der Waals surface area contributed by atoms with E-state index >= 15 is 0 Å². The van der Waals surface area contributed by atoms with Gasteiger partial charge in [-0.25, -0.2) is 4.98 Å². The molecule has 1 atom stereocenters. The van der Waals surface area contributed by atoms with Crippen LogP contribution in [0.15, 0.2) is 5.51 Å². The molecule has 0 saturated carbocycles. The molecule has 68 valence electrons. The first-order chi connectivity index (χ1) is 5.43. The van der Waals surface area contributed by atoms with Crippen molar-refractivity contribution in [1.82, 2.24) is 4.98 Å².